The van der Waals surface area contributed by atoms with Crippen molar-refractivity contribution in [2.75, 3.05) is 20.2 Å². The molecule has 2 aromatic rings. The van der Waals surface area contributed by atoms with Crippen molar-refractivity contribution in [2.45, 2.75) is 18.3 Å². The Labute approximate surface area is 220 Å². The van der Waals surface area contributed by atoms with Gasteiger partial charge in [0.05, 0.1) is 22.7 Å². The van der Waals surface area contributed by atoms with E-state index in [9.17, 15) is 24.8 Å². The number of ether oxygens (including phenoxy) is 1. The number of aliphatic imine (C=N–C) groups is 1. The molecule has 3 N–H and O–H groups in total. The molecule has 0 spiro atoms. The first-order valence-electron chi connectivity index (χ1n) is 10.9. The number of nitro benzene ring substituents is 1. The molecule has 2 aliphatic heterocycles. The van der Waals surface area contributed by atoms with Crippen LogP contribution in [0.4, 0.5) is 10.5 Å². The molecule has 13 nitrogen and oxygen atoms in total. The first-order chi connectivity index (χ1) is 17.6. The molecule has 4 rings (SSSR count). The van der Waals surface area contributed by atoms with E-state index in [2.05, 4.69) is 20.8 Å². The standard InChI is InChI=1S/C22H21Cl2N7O6/c1-29-19-18(20(33)27-22(29)34)30(10-15(32)11-37-17-7-4-13(23)8-16(17)24)21(26-19)28-25-9-12-2-5-14(6-3-12)31(35)36/h2-9,15,18-19,32H,10-11H2,1H3,(H,26,28)(H,27,33,34)/b25-9+. The number of nitro groups is 1. The third-order valence-electron chi connectivity index (χ3n) is 5.58. The van der Waals surface area contributed by atoms with Gasteiger partial charge in [-0.3, -0.25) is 20.2 Å². The highest BCUT2D eigenvalue weighted by molar-refractivity contribution is 6.35. The topological polar surface area (TPSA) is 162 Å². The summed E-state index contributed by atoms with van der Waals surface area (Å²) in [5.41, 5.74) is 3.24. The number of carbonyl (C=O) groups excluding carboxylic acids is 2. The third kappa shape index (κ3) is 5.90. The molecule has 194 valence electrons. The van der Waals surface area contributed by atoms with Crippen molar-refractivity contribution in [2.24, 2.45) is 10.1 Å². The van der Waals surface area contributed by atoms with Crippen molar-refractivity contribution in [3.05, 3.63) is 68.2 Å². The lowest BCUT2D eigenvalue weighted by molar-refractivity contribution is -0.384. The molecule has 0 radical (unpaired) electrons. The van der Waals surface area contributed by atoms with E-state index in [0.717, 1.165) is 0 Å². The number of β-amino-alcohol motifs (C(OH)–C–C–N with tert-alkyl or cyclic N) is 1. The number of non-ortho nitro benzene ring substituents is 1. The lowest BCUT2D eigenvalue weighted by Gasteiger charge is -2.36. The van der Waals surface area contributed by atoms with E-state index in [1.165, 1.54) is 53.4 Å². The summed E-state index contributed by atoms with van der Waals surface area (Å²) in [6.45, 7) is -0.258. The molecular formula is C22H21Cl2N7O6. The predicted molar refractivity (Wildman–Crippen MR) is 135 cm³/mol. The molecule has 1 saturated heterocycles. The normalized spacial score (nSPS) is 19.9. The van der Waals surface area contributed by atoms with Gasteiger partial charge in [0.1, 0.15) is 18.5 Å². The number of likely N-dealkylation sites (N-methyl/N-ethyl adjacent to an activating group) is 1. The van der Waals surface area contributed by atoms with Crippen molar-refractivity contribution in [1.29, 1.82) is 0 Å². The number of urea groups is 1. The summed E-state index contributed by atoms with van der Waals surface area (Å²) in [7, 11) is 1.49. The molecular weight excluding hydrogens is 529 g/mol. The number of aliphatic hydroxyl groups is 1. The molecule has 3 unspecified atom stereocenters. The number of hydrazone groups is 1. The number of amides is 3. The van der Waals surface area contributed by atoms with Crippen LogP contribution >= 0.6 is 23.2 Å². The summed E-state index contributed by atoms with van der Waals surface area (Å²) in [4.78, 5) is 42.2. The number of benzene rings is 2. The van der Waals surface area contributed by atoms with E-state index in [1.807, 2.05) is 0 Å². The van der Waals surface area contributed by atoms with Gasteiger partial charge in [-0.15, -0.1) is 0 Å². The lowest BCUT2D eigenvalue weighted by Crippen LogP contribution is -2.64. The van der Waals surface area contributed by atoms with Gasteiger partial charge in [-0.25, -0.2) is 15.2 Å². The largest absolute Gasteiger partial charge is 0.489 e. The number of nitrogens with one attached hydrogen (secondary N) is 2. The Balaban J connectivity index is 1.48. The summed E-state index contributed by atoms with van der Waals surface area (Å²) < 4.78 is 5.60. The molecule has 2 aromatic carbocycles. The molecule has 3 atom stereocenters. The van der Waals surface area contributed by atoms with Gasteiger partial charge in [0, 0.05) is 24.2 Å². The predicted octanol–water partition coefficient (Wildman–Crippen LogP) is 1.81. The highest BCUT2D eigenvalue weighted by atomic mass is 35.5. The van der Waals surface area contributed by atoms with Gasteiger partial charge in [0.25, 0.3) is 11.6 Å². The number of rotatable bonds is 8. The average Bonchev–Trinajstić information content (AvgIpc) is 3.21. The molecule has 2 heterocycles. The number of fused-ring (bicyclic) bond motifs is 1. The van der Waals surface area contributed by atoms with Gasteiger partial charge in [0.15, 0.2) is 12.2 Å². The van der Waals surface area contributed by atoms with Crippen molar-refractivity contribution in [3.8, 4) is 5.75 Å². The maximum Gasteiger partial charge on any atom is 0.325 e. The smallest absolute Gasteiger partial charge is 0.325 e. The monoisotopic (exact) mass is 549 g/mol. The molecule has 2 aliphatic rings. The van der Waals surface area contributed by atoms with Gasteiger partial charge in [-0.05, 0) is 35.9 Å². The zero-order valence-corrected chi connectivity index (χ0v) is 20.8. The molecule has 0 aliphatic carbocycles. The Hall–Kier alpha value is -3.94. The second kappa shape index (κ2) is 11.0. The molecule has 15 heteroatoms. The zero-order valence-electron chi connectivity index (χ0n) is 19.2. The zero-order chi connectivity index (χ0) is 26.7. The summed E-state index contributed by atoms with van der Waals surface area (Å²) in [6.07, 6.45) is -0.535. The van der Waals surface area contributed by atoms with Gasteiger partial charge < -0.3 is 19.6 Å². The maximum atomic E-state index is 12.7. The molecule has 37 heavy (non-hydrogen) atoms. The quantitative estimate of drug-likeness (QED) is 0.255. The van der Waals surface area contributed by atoms with Gasteiger partial charge in [-0.1, -0.05) is 23.2 Å². The number of hydrogen-bond acceptors (Lipinski definition) is 10. The minimum Gasteiger partial charge on any atom is -0.489 e. The molecule has 0 saturated carbocycles. The molecule has 3 amide bonds. The van der Waals surface area contributed by atoms with Crippen LogP contribution in [0.25, 0.3) is 0 Å². The van der Waals surface area contributed by atoms with Crippen molar-refractivity contribution in [1.82, 2.24) is 20.5 Å². The number of imide groups is 1. The maximum absolute atomic E-state index is 12.7. The number of nitrogens with zero attached hydrogens (tertiary/aromatic N) is 5. The summed E-state index contributed by atoms with van der Waals surface area (Å²) in [5.74, 6) is -0.125. The summed E-state index contributed by atoms with van der Waals surface area (Å²) in [5, 5.41) is 28.6. The molecule has 1 fully saturated rings. The van der Waals surface area contributed by atoms with Crippen LogP contribution in [-0.4, -0.2) is 82.5 Å². The van der Waals surface area contributed by atoms with E-state index >= 15 is 0 Å². The SMILES string of the molecule is CN1C(=O)NC(=O)C2C1N=C(N/N=C/c1ccc([N+](=O)[O-])cc1)N2CC(O)COc1ccc(Cl)cc1Cl. The lowest BCUT2D eigenvalue weighted by atomic mass is 10.1. The Morgan fingerprint density at radius 1 is 1.30 bits per heavy atom. The van der Waals surface area contributed by atoms with Crippen LogP contribution in [0.15, 0.2) is 52.6 Å². The number of aliphatic hydroxyl groups excluding tert-OH is 1. The second-order valence-corrected chi connectivity index (χ2v) is 8.97. The highest BCUT2D eigenvalue weighted by Gasteiger charge is 2.49. The molecule has 0 bridgehead atoms. The van der Waals surface area contributed by atoms with Crippen molar-refractivity contribution < 1.29 is 24.4 Å². The van der Waals surface area contributed by atoms with Crippen molar-refractivity contribution >= 4 is 53.0 Å². The fourth-order valence-corrected chi connectivity index (χ4v) is 4.19. The van der Waals surface area contributed by atoms with E-state index in [1.54, 1.807) is 12.1 Å². The van der Waals surface area contributed by atoms with Crippen LogP contribution < -0.4 is 15.5 Å². The Bertz CT molecular complexity index is 1270. The Morgan fingerprint density at radius 2 is 2.03 bits per heavy atom. The second-order valence-electron chi connectivity index (χ2n) is 8.13. The van der Waals surface area contributed by atoms with Crippen molar-refractivity contribution in [3.63, 3.8) is 0 Å². The minimum absolute atomic E-state index is 0.0599. The fourth-order valence-electron chi connectivity index (χ4n) is 3.72. The fraction of sp³-hybridized carbons (Fsp3) is 0.273. The number of halogens is 2. The van der Waals surface area contributed by atoms with E-state index < -0.39 is 35.2 Å². The Morgan fingerprint density at radius 3 is 2.70 bits per heavy atom. The van der Waals surface area contributed by atoms with Gasteiger partial charge in [-0.2, -0.15) is 5.10 Å². The molecule has 0 aromatic heterocycles. The van der Waals surface area contributed by atoms with Crippen LogP contribution in [0.2, 0.25) is 10.0 Å². The van der Waals surface area contributed by atoms with Gasteiger partial charge in [0.2, 0.25) is 5.96 Å². The van der Waals surface area contributed by atoms with E-state index in [-0.39, 0.29) is 29.8 Å². The summed E-state index contributed by atoms with van der Waals surface area (Å²) >= 11 is 12.0. The average molecular weight is 550 g/mol. The van der Waals surface area contributed by atoms with E-state index in [0.29, 0.717) is 16.3 Å². The highest BCUT2D eigenvalue weighted by Crippen LogP contribution is 2.28. The van der Waals surface area contributed by atoms with Crippen LogP contribution in [0.3, 0.4) is 0 Å². The van der Waals surface area contributed by atoms with Crippen LogP contribution in [0.1, 0.15) is 5.56 Å². The minimum atomic E-state index is -1.09. The summed E-state index contributed by atoms with van der Waals surface area (Å²) in [6, 6.07) is 8.84. The third-order valence-corrected chi connectivity index (χ3v) is 6.11. The van der Waals surface area contributed by atoms with E-state index in [4.69, 9.17) is 27.9 Å². The number of hydrogen-bond donors (Lipinski definition) is 3. The first kappa shape index (κ1) is 26.1. The number of carbonyl (C=O) groups is 2. The number of guanidine groups is 1. The van der Waals surface area contributed by atoms with Crippen LogP contribution in [0.5, 0.6) is 5.75 Å². The van der Waals surface area contributed by atoms with Crippen LogP contribution in [0, 0.1) is 10.1 Å². The van der Waals surface area contributed by atoms with Crippen LogP contribution in [-0.2, 0) is 4.79 Å². The first-order valence-corrected chi connectivity index (χ1v) is 11.6. The Kier molecular flexibility index (Phi) is 7.76. The van der Waals surface area contributed by atoms with Gasteiger partial charge >= 0.3 is 6.03 Å².